The first kappa shape index (κ1) is 14.6. The zero-order valence-electron chi connectivity index (χ0n) is 11.3. The zero-order chi connectivity index (χ0) is 13.8. The minimum absolute atomic E-state index is 0.237. The van der Waals surface area contributed by atoms with Gasteiger partial charge in [0.25, 0.3) is 0 Å². The van der Waals surface area contributed by atoms with Gasteiger partial charge in [0.2, 0.25) is 5.95 Å². The van der Waals surface area contributed by atoms with Crippen LogP contribution in [0.2, 0.25) is 0 Å². The van der Waals surface area contributed by atoms with E-state index in [0.29, 0.717) is 6.61 Å². The molecule has 2 heterocycles. The third kappa shape index (κ3) is 4.06. The molecule has 0 spiro atoms. The van der Waals surface area contributed by atoms with E-state index in [0.717, 1.165) is 22.0 Å². The molecule has 0 saturated heterocycles. The van der Waals surface area contributed by atoms with Crippen LogP contribution in [-0.4, -0.2) is 29.3 Å². The van der Waals surface area contributed by atoms with E-state index >= 15 is 0 Å². The zero-order valence-corrected chi connectivity index (χ0v) is 13.7. The van der Waals surface area contributed by atoms with Crippen LogP contribution in [0.15, 0.2) is 22.1 Å². The summed E-state index contributed by atoms with van der Waals surface area (Å²) in [5.74, 6) is 0.895. The third-order valence-electron chi connectivity index (χ3n) is 2.64. The van der Waals surface area contributed by atoms with Crippen molar-refractivity contribution >= 4 is 33.2 Å². The van der Waals surface area contributed by atoms with Crippen LogP contribution in [0.4, 0.5) is 5.95 Å². The van der Waals surface area contributed by atoms with Crippen molar-refractivity contribution in [1.29, 1.82) is 0 Å². The van der Waals surface area contributed by atoms with Gasteiger partial charge in [0.05, 0.1) is 22.6 Å². The van der Waals surface area contributed by atoms with Crippen LogP contribution in [0.25, 0.3) is 0 Å². The molecule has 2 rings (SSSR count). The molecule has 0 saturated carbocycles. The fourth-order valence-electron chi connectivity index (χ4n) is 1.90. The minimum atomic E-state index is 0.237. The van der Waals surface area contributed by atoms with Crippen LogP contribution in [0.3, 0.4) is 0 Å². The van der Waals surface area contributed by atoms with Gasteiger partial charge in [-0.1, -0.05) is 0 Å². The Kier molecular flexibility index (Phi) is 5.01. The summed E-state index contributed by atoms with van der Waals surface area (Å²) >= 11 is 5.24. The minimum Gasteiger partial charge on any atom is -0.383 e. The Morgan fingerprint density at radius 3 is 2.95 bits per heavy atom. The summed E-state index contributed by atoms with van der Waals surface area (Å²) in [6.45, 7) is 5.59. The molecule has 0 amide bonds. The van der Waals surface area contributed by atoms with E-state index in [2.05, 4.69) is 56.1 Å². The Labute approximate surface area is 125 Å². The average molecular weight is 344 g/mol. The van der Waals surface area contributed by atoms with E-state index in [1.807, 2.05) is 6.92 Å². The number of rotatable bonds is 6. The van der Waals surface area contributed by atoms with Crippen LogP contribution in [0.5, 0.6) is 0 Å². The molecular weight excluding hydrogens is 326 g/mol. The standard InChI is InChI=1S/C13H18BrN3OS/c1-9-6-17(7-11-4-5-12(14)19-11)13(15-9)16-10(2)8-18-3/h4-6,10H,7-8H2,1-3H3,(H,15,16). The molecule has 0 aliphatic carbocycles. The molecule has 0 bridgehead atoms. The normalized spacial score (nSPS) is 12.6. The Morgan fingerprint density at radius 1 is 1.53 bits per heavy atom. The highest BCUT2D eigenvalue weighted by Crippen LogP contribution is 2.24. The second-order valence-corrected chi connectivity index (χ2v) is 7.09. The molecule has 4 nitrogen and oxygen atoms in total. The van der Waals surface area contributed by atoms with Crippen LogP contribution in [0, 0.1) is 6.92 Å². The number of aryl methyl sites for hydroxylation is 1. The van der Waals surface area contributed by atoms with Gasteiger partial charge in [-0.05, 0) is 41.9 Å². The molecule has 104 valence electrons. The number of ether oxygens (including phenoxy) is 1. The maximum atomic E-state index is 5.14. The number of imidazole rings is 1. The van der Waals surface area contributed by atoms with E-state index < -0.39 is 0 Å². The van der Waals surface area contributed by atoms with Gasteiger partial charge in [0.1, 0.15) is 0 Å². The van der Waals surface area contributed by atoms with Gasteiger partial charge in [-0.3, -0.25) is 0 Å². The summed E-state index contributed by atoms with van der Waals surface area (Å²) in [4.78, 5) is 5.82. The van der Waals surface area contributed by atoms with E-state index in [4.69, 9.17) is 4.74 Å². The van der Waals surface area contributed by atoms with Crippen LogP contribution >= 0.6 is 27.3 Å². The fraction of sp³-hybridized carbons (Fsp3) is 0.462. The lowest BCUT2D eigenvalue weighted by Gasteiger charge is -2.14. The Hall–Kier alpha value is -0.850. The van der Waals surface area contributed by atoms with Crippen molar-refractivity contribution in [3.05, 3.63) is 32.7 Å². The maximum absolute atomic E-state index is 5.14. The van der Waals surface area contributed by atoms with Crippen LogP contribution < -0.4 is 5.32 Å². The maximum Gasteiger partial charge on any atom is 0.203 e. The van der Waals surface area contributed by atoms with Gasteiger partial charge in [-0.2, -0.15) is 0 Å². The third-order valence-corrected chi connectivity index (χ3v) is 4.25. The van der Waals surface area contributed by atoms with Gasteiger partial charge in [-0.25, -0.2) is 4.98 Å². The number of hydrogen-bond donors (Lipinski definition) is 1. The molecule has 2 aromatic rings. The van der Waals surface area contributed by atoms with E-state index in [1.54, 1.807) is 18.4 Å². The second-order valence-electron chi connectivity index (χ2n) is 4.54. The lowest BCUT2D eigenvalue weighted by Crippen LogP contribution is -2.23. The second kappa shape index (κ2) is 6.54. The smallest absolute Gasteiger partial charge is 0.203 e. The fourth-order valence-corrected chi connectivity index (χ4v) is 3.38. The van der Waals surface area contributed by atoms with Crippen molar-refractivity contribution in [3.63, 3.8) is 0 Å². The first-order valence-corrected chi connectivity index (χ1v) is 7.73. The van der Waals surface area contributed by atoms with E-state index in [-0.39, 0.29) is 6.04 Å². The highest BCUT2D eigenvalue weighted by molar-refractivity contribution is 9.11. The molecule has 1 atom stereocenters. The summed E-state index contributed by atoms with van der Waals surface area (Å²) in [6.07, 6.45) is 2.06. The number of methoxy groups -OCH3 is 1. The van der Waals surface area contributed by atoms with Gasteiger partial charge < -0.3 is 14.6 Å². The molecule has 2 aromatic heterocycles. The highest BCUT2D eigenvalue weighted by Gasteiger charge is 2.10. The number of aromatic nitrogens is 2. The Balaban J connectivity index is 2.11. The largest absolute Gasteiger partial charge is 0.383 e. The monoisotopic (exact) mass is 343 g/mol. The summed E-state index contributed by atoms with van der Waals surface area (Å²) < 4.78 is 8.43. The number of nitrogens with one attached hydrogen (secondary N) is 1. The molecular formula is C13H18BrN3OS. The number of thiophene rings is 1. The molecule has 6 heteroatoms. The van der Waals surface area contributed by atoms with Crippen molar-refractivity contribution in [2.45, 2.75) is 26.4 Å². The topological polar surface area (TPSA) is 39.1 Å². The quantitative estimate of drug-likeness (QED) is 0.872. The number of anilines is 1. The summed E-state index contributed by atoms with van der Waals surface area (Å²) in [7, 11) is 1.71. The van der Waals surface area contributed by atoms with Gasteiger partial charge >= 0.3 is 0 Å². The van der Waals surface area contributed by atoms with Crippen molar-refractivity contribution in [1.82, 2.24) is 9.55 Å². The number of nitrogens with zero attached hydrogens (tertiary/aromatic N) is 2. The molecule has 19 heavy (non-hydrogen) atoms. The summed E-state index contributed by atoms with van der Waals surface area (Å²) in [5.41, 5.74) is 1.02. The van der Waals surface area contributed by atoms with Gasteiger partial charge in [0.15, 0.2) is 0 Å². The number of hydrogen-bond acceptors (Lipinski definition) is 4. The summed E-state index contributed by atoms with van der Waals surface area (Å²) in [5, 5.41) is 3.38. The van der Waals surface area contributed by atoms with E-state index in [9.17, 15) is 0 Å². The predicted octanol–water partition coefficient (Wildman–Crippen LogP) is 3.51. The lowest BCUT2D eigenvalue weighted by atomic mass is 10.4. The SMILES string of the molecule is COCC(C)Nc1nc(C)cn1Cc1ccc(Br)s1. The average Bonchev–Trinajstić information content (AvgIpc) is 2.87. The van der Waals surface area contributed by atoms with Crippen molar-refractivity contribution in [3.8, 4) is 0 Å². The van der Waals surface area contributed by atoms with Gasteiger partial charge in [0, 0.05) is 24.2 Å². The van der Waals surface area contributed by atoms with E-state index in [1.165, 1.54) is 4.88 Å². The Morgan fingerprint density at radius 2 is 2.32 bits per heavy atom. The highest BCUT2D eigenvalue weighted by atomic mass is 79.9. The van der Waals surface area contributed by atoms with Crippen LogP contribution in [0.1, 0.15) is 17.5 Å². The molecule has 0 fully saturated rings. The van der Waals surface area contributed by atoms with Crippen molar-refractivity contribution < 1.29 is 4.74 Å². The first-order chi connectivity index (χ1) is 9.08. The van der Waals surface area contributed by atoms with Crippen molar-refractivity contribution in [2.75, 3.05) is 19.0 Å². The Bertz CT molecular complexity index is 538. The first-order valence-electron chi connectivity index (χ1n) is 6.12. The molecule has 0 aliphatic rings. The molecule has 0 aliphatic heterocycles. The lowest BCUT2D eigenvalue weighted by molar-refractivity contribution is 0.190. The number of halogens is 1. The predicted molar refractivity (Wildman–Crippen MR) is 83.0 cm³/mol. The molecule has 1 unspecified atom stereocenters. The molecule has 1 N–H and O–H groups in total. The summed E-state index contributed by atoms with van der Waals surface area (Å²) in [6, 6.07) is 4.44. The van der Waals surface area contributed by atoms with Crippen LogP contribution in [-0.2, 0) is 11.3 Å². The molecule has 0 radical (unpaired) electrons. The van der Waals surface area contributed by atoms with Crippen molar-refractivity contribution in [2.24, 2.45) is 0 Å². The molecule has 0 aromatic carbocycles. The van der Waals surface area contributed by atoms with Gasteiger partial charge in [-0.15, -0.1) is 11.3 Å².